The van der Waals surface area contributed by atoms with Crippen molar-refractivity contribution >= 4 is 27.3 Å². The molecule has 0 bridgehead atoms. The van der Waals surface area contributed by atoms with E-state index in [1.54, 1.807) is 11.3 Å². The zero-order valence-corrected chi connectivity index (χ0v) is 14.1. The molecule has 0 amide bonds. The Bertz CT molecular complexity index is 547. The Morgan fingerprint density at radius 2 is 2.05 bits per heavy atom. The molecular formula is C16H20BrNS. The highest BCUT2D eigenvalue weighted by Crippen LogP contribution is 2.31. The van der Waals surface area contributed by atoms with Crippen molar-refractivity contribution in [3.05, 3.63) is 55.7 Å². The Morgan fingerprint density at radius 1 is 1.26 bits per heavy atom. The van der Waals surface area contributed by atoms with Gasteiger partial charge in [-0.15, -0.1) is 11.3 Å². The average molecular weight is 338 g/mol. The second-order valence-electron chi connectivity index (χ2n) is 4.93. The molecule has 0 aliphatic heterocycles. The number of hydrogen-bond acceptors (Lipinski definition) is 2. The summed E-state index contributed by atoms with van der Waals surface area (Å²) in [6, 6.07) is 9.23. The lowest BCUT2D eigenvalue weighted by Crippen LogP contribution is -2.23. The van der Waals surface area contributed by atoms with Gasteiger partial charge < -0.3 is 5.32 Å². The summed E-state index contributed by atoms with van der Waals surface area (Å²) in [5.41, 5.74) is 5.40. The van der Waals surface area contributed by atoms with Crippen molar-refractivity contribution in [2.75, 3.05) is 6.54 Å². The molecule has 0 radical (unpaired) electrons. The van der Waals surface area contributed by atoms with Crippen LogP contribution in [0.4, 0.5) is 0 Å². The van der Waals surface area contributed by atoms with Crippen molar-refractivity contribution in [2.24, 2.45) is 0 Å². The van der Waals surface area contributed by atoms with E-state index >= 15 is 0 Å². The summed E-state index contributed by atoms with van der Waals surface area (Å²) in [5, 5.41) is 5.89. The average Bonchev–Trinajstić information content (AvgIpc) is 2.78. The van der Waals surface area contributed by atoms with Gasteiger partial charge >= 0.3 is 0 Å². The van der Waals surface area contributed by atoms with Crippen LogP contribution in [0.25, 0.3) is 0 Å². The van der Waals surface area contributed by atoms with Crippen LogP contribution in [0, 0.1) is 13.8 Å². The topological polar surface area (TPSA) is 12.0 Å². The van der Waals surface area contributed by atoms with Crippen LogP contribution in [0.2, 0.25) is 0 Å². The standard InChI is InChI=1S/C16H20BrNS/c1-4-7-18-16(13-9-15(17)19-10-13)14-6-5-11(2)8-12(14)3/h5-6,8-10,16,18H,4,7H2,1-3H3. The fourth-order valence-electron chi connectivity index (χ4n) is 2.32. The lowest BCUT2D eigenvalue weighted by Gasteiger charge is -2.20. The fourth-order valence-corrected chi connectivity index (χ4v) is 3.52. The molecule has 1 aromatic carbocycles. The van der Waals surface area contributed by atoms with E-state index in [1.165, 1.54) is 26.0 Å². The van der Waals surface area contributed by atoms with Crippen LogP contribution in [0.15, 0.2) is 33.4 Å². The van der Waals surface area contributed by atoms with Crippen molar-refractivity contribution in [3.63, 3.8) is 0 Å². The highest BCUT2D eigenvalue weighted by Gasteiger charge is 2.16. The third-order valence-electron chi connectivity index (χ3n) is 3.26. The minimum atomic E-state index is 0.295. The predicted molar refractivity (Wildman–Crippen MR) is 88.1 cm³/mol. The third kappa shape index (κ3) is 3.68. The second kappa shape index (κ2) is 6.69. The van der Waals surface area contributed by atoms with E-state index < -0.39 is 0 Å². The summed E-state index contributed by atoms with van der Waals surface area (Å²) < 4.78 is 1.19. The number of rotatable bonds is 5. The summed E-state index contributed by atoms with van der Waals surface area (Å²) in [6.45, 7) is 7.58. The SMILES string of the molecule is CCCNC(c1csc(Br)c1)c1ccc(C)cc1C. The molecule has 0 saturated heterocycles. The molecule has 1 heterocycles. The third-order valence-corrected chi connectivity index (χ3v) is 4.78. The van der Waals surface area contributed by atoms with Gasteiger partial charge in [0.1, 0.15) is 0 Å². The molecule has 1 N–H and O–H groups in total. The van der Waals surface area contributed by atoms with E-state index in [4.69, 9.17) is 0 Å². The Balaban J connectivity index is 2.36. The van der Waals surface area contributed by atoms with Crippen LogP contribution < -0.4 is 5.32 Å². The molecule has 1 unspecified atom stereocenters. The van der Waals surface area contributed by atoms with Crippen LogP contribution in [0.5, 0.6) is 0 Å². The smallest absolute Gasteiger partial charge is 0.0701 e. The van der Waals surface area contributed by atoms with Crippen LogP contribution in [0.1, 0.15) is 41.6 Å². The Morgan fingerprint density at radius 3 is 2.63 bits per heavy atom. The van der Waals surface area contributed by atoms with Crippen molar-refractivity contribution < 1.29 is 0 Å². The molecule has 0 aliphatic carbocycles. The molecule has 0 fully saturated rings. The maximum atomic E-state index is 3.66. The summed E-state index contributed by atoms with van der Waals surface area (Å²) in [6.07, 6.45) is 1.15. The van der Waals surface area contributed by atoms with Crippen molar-refractivity contribution in [2.45, 2.75) is 33.2 Å². The van der Waals surface area contributed by atoms with Gasteiger partial charge in [0.05, 0.1) is 9.83 Å². The zero-order chi connectivity index (χ0) is 13.8. The van der Waals surface area contributed by atoms with Crippen molar-refractivity contribution in [1.29, 1.82) is 0 Å². The minimum absolute atomic E-state index is 0.295. The fraction of sp³-hybridized carbons (Fsp3) is 0.375. The van der Waals surface area contributed by atoms with Gasteiger partial charge in [-0.2, -0.15) is 0 Å². The monoisotopic (exact) mass is 337 g/mol. The van der Waals surface area contributed by atoms with Crippen molar-refractivity contribution in [1.82, 2.24) is 5.32 Å². The number of aryl methyl sites for hydroxylation is 2. The zero-order valence-electron chi connectivity index (χ0n) is 11.7. The van der Waals surface area contributed by atoms with E-state index in [1.807, 2.05) is 0 Å². The molecule has 0 aliphatic rings. The van der Waals surface area contributed by atoms with Crippen LogP contribution in [-0.2, 0) is 0 Å². The lowest BCUT2D eigenvalue weighted by atomic mass is 9.95. The van der Waals surface area contributed by atoms with E-state index in [9.17, 15) is 0 Å². The van der Waals surface area contributed by atoms with E-state index in [0.717, 1.165) is 13.0 Å². The second-order valence-corrected chi connectivity index (χ2v) is 7.22. The molecule has 1 nitrogen and oxygen atoms in total. The molecular weight excluding hydrogens is 318 g/mol. The van der Waals surface area contributed by atoms with Crippen LogP contribution >= 0.6 is 27.3 Å². The summed E-state index contributed by atoms with van der Waals surface area (Å²) >= 11 is 5.31. The maximum absolute atomic E-state index is 3.66. The van der Waals surface area contributed by atoms with Gasteiger partial charge in [0, 0.05) is 0 Å². The Labute approximate surface area is 128 Å². The van der Waals surface area contributed by atoms with Gasteiger partial charge in [-0.3, -0.25) is 0 Å². The molecule has 2 rings (SSSR count). The number of thiophene rings is 1. The van der Waals surface area contributed by atoms with Gasteiger partial charge in [-0.25, -0.2) is 0 Å². The first kappa shape index (κ1) is 14.8. The molecule has 3 heteroatoms. The number of nitrogens with one attached hydrogen (secondary N) is 1. The summed E-state index contributed by atoms with van der Waals surface area (Å²) in [7, 11) is 0. The first-order valence-corrected chi connectivity index (χ1v) is 8.33. The maximum Gasteiger partial charge on any atom is 0.0701 e. The van der Waals surface area contributed by atoms with Crippen LogP contribution in [-0.4, -0.2) is 6.54 Å². The lowest BCUT2D eigenvalue weighted by molar-refractivity contribution is 0.597. The first-order chi connectivity index (χ1) is 9.11. The minimum Gasteiger partial charge on any atom is -0.306 e. The molecule has 19 heavy (non-hydrogen) atoms. The largest absolute Gasteiger partial charge is 0.306 e. The molecule has 2 aromatic rings. The molecule has 1 atom stereocenters. The van der Waals surface area contributed by atoms with Gasteiger partial charge in [-0.1, -0.05) is 30.7 Å². The van der Waals surface area contributed by atoms with Gasteiger partial charge in [-0.05, 0) is 70.9 Å². The van der Waals surface area contributed by atoms with Crippen molar-refractivity contribution in [3.8, 4) is 0 Å². The van der Waals surface area contributed by atoms with E-state index in [0.29, 0.717) is 6.04 Å². The van der Waals surface area contributed by atoms with Crippen LogP contribution in [0.3, 0.4) is 0 Å². The normalized spacial score (nSPS) is 12.6. The molecule has 102 valence electrons. The first-order valence-electron chi connectivity index (χ1n) is 6.66. The molecule has 0 spiro atoms. The quantitative estimate of drug-likeness (QED) is 0.788. The summed E-state index contributed by atoms with van der Waals surface area (Å²) in [4.78, 5) is 0. The molecule has 0 saturated carbocycles. The van der Waals surface area contributed by atoms with E-state index in [2.05, 4.69) is 71.7 Å². The highest BCUT2D eigenvalue weighted by atomic mass is 79.9. The van der Waals surface area contributed by atoms with Gasteiger partial charge in [0.25, 0.3) is 0 Å². The number of benzene rings is 1. The number of hydrogen-bond donors (Lipinski definition) is 1. The Kier molecular flexibility index (Phi) is 5.20. The predicted octanol–water partition coefficient (Wildman–Crippen LogP) is 5.22. The van der Waals surface area contributed by atoms with Gasteiger partial charge in [0.2, 0.25) is 0 Å². The van der Waals surface area contributed by atoms with E-state index in [-0.39, 0.29) is 0 Å². The summed E-state index contributed by atoms with van der Waals surface area (Å²) in [5.74, 6) is 0. The van der Waals surface area contributed by atoms with Gasteiger partial charge in [0.15, 0.2) is 0 Å². The molecule has 1 aromatic heterocycles. The highest BCUT2D eigenvalue weighted by molar-refractivity contribution is 9.11. The number of halogens is 1. The Hall–Kier alpha value is -0.640.